The van der Waals surface area contributed by atoms with Crippen LogP contribution in [0, 0.1) is 0 Å². The van der Waals surface area contributed by atoms with Crippen molar-refractivity contribution in [1.82, 2.24) is 5.32 Å². The largest absolute Gasteiger partial charge is 0.389 e. The Morgan fingerprint density at radius 1 is 1.44 bits per heavy atom. The highest BCUT2D eigenvalue weighted by molar-refractivity contribution is 9.11. The van der Waals surface area contributed by atoms with Crippen molar-refractivity contribution in [3.63, 3.8) is 0 Å². The van der Waals surface area contributed by atoms with Crippen molar-refractivity contribution in [1.29, 1.82) is 0 Å². The van der Waals surface area contributed by atoms with Crippen LogP contribution in [0.5, 0.6) is 0 Å². The molecule has 0 aromatic carbocycles. The lowest BCUT2D eigenvalue weighted by Gasteiger charge is -2.16. The smallest absolute Gasteiger partial charge is 0.317 e. The number of likely N-dealkylation sites (N-methyl/N-ethyl adjacent to an activating group) is 1. The molecule has 0 saturated carbocycles. The quantitative estimate of drug-likeness (QED) is 0.866. The van der Waals surface area contributed by atoms with E-state index in [-0.39, 0.29) is 12.5 Å². The average Bonchev–Trinajstić information content (AvgIpc) is 2.57. The summed E-state index contributed by atoms with van der Waals surface area (Å²) < 4.78 is 37.2. The van der Waals surface area contributed by atoms with Crippen molar-refractivity contribution in [3.8, 4) is 0 Å². The molecule has 0 aliphatic carbocycles. The Labute approximate surface area is 105 Å². The van der Waals surface area contributed by atoms with Crippen molar-refractivity contribution in [2.75, 3.05) is 7.05 Å². The van der Waals surface area contributed by atoms with Crippen LogP contribution >= 0.6 is 27.3 Å². The molecule has 1 heterocycles. The van der Waals surface area contributed by atoms with Gasteiger partial charge in [-0.15, -0.1) is 11.3 Å². The van der Waals surface area contributed by atoms with Crippen LogP contribution in [0.4, 0.5) is 13.2 Å². The van der Waals surface area contributed by atoms with Gasteiger partial charge in [0, 0.05) is 17.3 Å². The normalized spacial score (nSPS) is 14.1. The molecule has 1 aromatic heterocycles. The molecule has 1 aromatic rings. The van der Waals surface area contributed by atoms with Gasteiger partial charge < -0.3 is 5.32 Å². The third kappa shape index (κ3) is 5.32. The van der Waals surface area contributed by atoms with Crippen LogP contribution in [-0.2, 0) is 6.42 Å². The minimum absolute atomic E-state index is 0.118. The van der Waals surface area contributed by atoms with Crippen molar-refractivity contribution in [2.45, 2.75) is 31.5 Å². The molecule has 0 bridgehead atoms. The molecule has 0 saturated heterocycles. The van der Waals surface area contributed by atoms with Crippen LogP contribution in [0.15, 0.2) is 15.9 Å². The summed E-state index contributed by atoms with van der Waals surface area (Å²) in [6, 6.07) is 3.73. The van der Waals surface area contributed by atoms with Crippen molar-refractivity contribution < 1.29 is 13.2 Å². The molecular weight excluding hydrogens is 303 g/mol. The van der Waals surface area contributed by atoms with Crippen LogP contribution in [0.25, 0.3) is 0 Å². The summed E-state index contributed by atoms with van der Waals surface area (Å²) in [5, 5.41) is 2.92. The predicted molar refractivity (Wildman–Crippen MR) is 63.9 cm³/mol. The summed E-state index contributed by atoms with van der Waals surface area (Å²) in [6.45, 7) is 0. The zero-order valence-corrected chi connectivity index (χ0v) is 11.2. The van der Waals surface area contributed by atoms with E-state index < -0.39 is 12.6 Å². The number of hydrogen-bond acceptors (Lipinski definition) is 2. The van der Waals surface area contributed by atoms with Gasteiger partial charge in [0.2, 0.25) is 0 Å². The van der Waals surface area contributed by atoms with Gasteiger partial charge in [-0.3, -0.25) is 0 Å². The maximum Gasteiger partial charge on any atom is 0.389 e. The average molecular weight is 316 g/mol. The topological polar surface area (TPSA) is 12.0 Å². The van der Waals surface area contributed by atoms with Gasteiger partial charge >= 0.3 is 6.18 Å². The summed E-state index contributed by atoms with van der Waals surface area (Å²) in [6.07, 6.45) is -4.03. The number of hydrogen-bond donors (Lipinski definition) is 1. The van der Waals surface area contributed by atoms with Gasteiger partial charge in [0.1, 0.15) is 0 Å². The summed E-state index contributed by atoms with van der Waals surface area (Å²) in [7, 11) is 1.70. The zero-order valence-electron chi connectivity index (χ0n) is 8.77. The van der Waals surface area contributed by atoms with Crippen molar-refractivity contribution >= 4 is 27.3 Å². The molecule has 16 heavy (non-hydrogen) atoms. The second-order valence-corrected chi connectivity index (χ2v) is 6.10. The molecule has 0 aliphatic heterocycles. The van der Waals surface area contributed by atoms with Gasteiger partial charge in [-0.1, -0.05) is 0 Å². The highest BCUT2D eigenvalue weighted by Gasteiger charge is 2.28. The van der Waals surface area contributed by atoms with E-state index in [1.807, 2.05) is 12.1 Å². The monoisotopic (exact) mass is 315 g/mol. The third-order valence-corrected chi connectivity index (χ3v) is 3.91. The zero-order chi connectivity index (χ0) is 12.2. The Hall–Kier alpha value is -0.0700. The number of rotatable bonds is 5. The molecule has 0 amide bonds. The predicted octanol–water partition coefficient (Wildman–Crippen LogP) is 3.98. The molecule has 0 spiro atoms. The fraction of sp³-hybridized carbons (Fsp3) is 0.600. The minimum Gasteiger partial charge on any atom is -0.317 e. The molecule has 1 rings (SSSR count). The fourth-order valence-electron chi connectivity index (χ4n) is 1.39. The molecule has 1 unspecified atom stereocenters. The second-order valence-electron chi connectivity index (χ2n) is 3.55. The lowest BCUT2D eigenvalue weighted by atomic mass is 10.1. The number of nitrogens with one attached hydrogen (secondary N) is 1. The number of halogens is 4. The van der Waals surface area contributed by atoms with Gasteiger partial charge in [-0.05, 0) is 48.0 Å². The SMILES string of the molecule is CNC(CCC(F)(F)F)Cc1ccc(Br)s1. The molecule has 92 valence electrons. The van der Waals surface area contributed by atoms with E-state index in [1.165, 1.54) is 0 Å². The molecule has 1 nitrogen and oxygen atoms in total. The first-order valence-electron chi connectivity index (χ1n) is 4.89. The lowest BCUT2D eigenvalue weighted by molar-refractivity contribution is -0.136. The van der Waals surface area contributed by atoms with E-state index in [4.69, 9.17) is 0 Å². The first kappa shape index (κ1) is 14.0. The number of thiophene rings is 1. The summed E-state index contributed by atoms with van der Waals surface area (Å²) in [5.41, 5.74) is 0. The van der Waals surface area contributed by atoms with E-state index in [0.717, 1.165) is 8.66 Å². The highest BCUT2D eigenvalue weighted by atomic mass is 79.9. The Morgan fingerprint density at radius 3 is 2.56 bits per heavy atom. The molecular formula is C10H13BrF3NS. The fourth-order valence-corrected chi connectivity index (χ4v) is 2.95. The van der Waals surface area contributed by atoms with E-state index in [2.05, 4.69) is 21.2 Å². The van der Waals surface area contributed by atoms with Gasteiger partial charge in [0.25, 0.3) is 0 Å². The Bertz CT molecular complexity index is 324. The first-order valence-corrected chi connectivity index (χ1v) is 6.50. The van der Waals surface area contributed by atoms with Crippen LogP contribution < -0.4 is 5.32 Å². The standard InChI is InChI=1S/C10H13BrF3NS/c1-15-7(4-5-10(12,13)14)6-8-2-3-9(11)16-8/h2-3,7,15H,4-6H2,1H3. The third-order valence-electron chi connectivity index (χ3n) is 2.26. The molecule has 1 atom stereocenters. The molecule has 0 fully saturated rings. The van der Waals surface area contributed by atoms with Crippen molar-refractivity contribution in [2.24, 2.45) is 0 Å². The maximum atomic E-state index is 12.1. The van der Waals surface area contributed by atoms with E-state index >= 15 is 0 Å². The summed E-state index contributed by atoms with van der Waals surface area (Å²) >= 11 is 4.89. The Balaban J connectivity index is 2.43. The maximum absolute atomic E-state index is 12.1. The van der Waals surface area contributed by atoms with E-state index in [9.17, 15) is 13.2 Å². The molecule has 6 heteroatoms. The first-order chi connectivity index (χ1) is 7.40. The van der Waals surface area contributed by atoms with Gasteiger partial charge in [0.15, 0.2) is 0 Å². The molecule has 0 radical (unpaired) electrons. The molecule has 1 N–H and O–H groups in total. The summed E-state index contributed by atoms with van der Waals surface area (Å²) in [4.78, 5) is 1.09. The highest BCUT2D eigenvalue weighted by Crippen LogP contribution is 2.26. The Morgan fingerprint density at radius 2 is 2.12 bits per heavy atom. The van der Waals surface area contributed by atoms with Crippen LogP contribution in [-0.4, -0.2) is 19.3 Å². The van der Waals surface area contributed by atoms with Crippen molar-refractivity contribution in [3.05, 3.63) is 20.8 Å². The summed E-state index contributed by atoms with van der Waals surface area (Å²) in [5.74, 6) is 0. The Kier molecular flexibility index (Phi) is 5.27. The van der Waals surface area contributed by atoms with Gasteiger partial charge in [-0.25, -0.2) is 0 Å². The van der Waals surface area contributed by atoms with Crippen LogP contribution in [0.2, 0.25) is 0 Å². The van der Waals surface area contributed by atoms with E-state index in [0.29, 0.717) is 6.42 Å². The van der Waals surface area contributed by atoms with Crippen LogP contribution in [0.3, 0.4) is 0 Å². The van der Waals surface area contributed by atoms with E-state index in [1.54, 1.807) is 18.4 Å². The number of alkyl halides is 3. The van der Waals surface area contributed by atoms with Gasteiger partial charge in [-0.2, -0.15) is 13.2 Å². The van der Waals surface area contributed by atoms with Gasteiger partial charge in [0.05, 0.1) is 3.79 Å². The molecule has 0 aliphatic rings. The minimum atomic E-state index is -4.06. The lowest BCUT2D eigenvalue weighted by Crippen LogP contribution is -2.29. The van der Waals surface area contributed by atoms with Crippen LogP contribution in [0.1, 0.15) is 17.7 Å². The second kappa shape index (κ2) is 6.02.